The standard InChI is InChI=1S/C25H22N4O/c1-25(2,22-14-6-12-20(28-22)18-9-8-16-26-17-18)23-15-7-13-21(29-23)24(30)27-19-10-4-3-5-11-19/h3-17H,1-2H3,(H,27,30). The molecule has 4 rings (SSSR count). The number of benzene rings is 1. The molecule has 0 radical (unpaired) electrons. The molecule has 1 N–H and O–H groups in total. The van der Waals surface area contributed by atoms with Crippen LogP contribution in [0.15, 0.2) is 91.3 Å². The van der Waals surface area contributed by atoms with Crippen LogP contribution in [0.4, 0.5) is 5.69 Å². The maximum atomic E-state index is 12.7. The number of pyridine rings is 3. The Labute approximate surface area is 175 Å². The molecule has 0 spiro atoms. The van der Waals surface area contributed by atoms with Gasteiger partial charge in [-0.2, -0.15) is 0 Å². The Morgan fingerprint density at radius 3 is 2.27 bits per heavy atom. The fourth-order valence-corrected chi connectivity index (χ4v) is 3.21. The number of anilines is 1. The second kappa shape index (κ2) is 8.25. The maximum absolute atomic E-state index is 12.7. The monoisotopic (exact) mass is 394 g/mol. The van der Waals surface area contributed by atoms with Crippen molar-refractivity contribution in [1.29, 1.82) is 0 Å². The molecule has 0 fully saturated rings. The van der Waals surface area contributed by atoms with Crippen LogP contribution in [0.25, 0.3) is 11.3 Å². The molecule has 0 saturated heterocycles. The molecule has 1 amide bonds. The van der Waals surface area contributed by atoms with E-state index in [4.69, 9.17) is 4.98 Å². The number of nitrogens with zero attached hydrogens (tertiary/aromatic N) is 3. The first-order valence-corrected chi connectivity index (χ1v) is 9.76. The first-order chi connectivity index (χ1) is 14.5. The lowest BCUT2D eigenvalue weighted by Crippen LogP contribution is -2.24. The number of para-hydroxylation sites is 1. The highest BCUT2D eigenvalue weighted by atomic mass is 16.1. The lowest BCUT2D eigenvalue weighted by Gasteiger charge is -2.24. The van der Waals surface area contributed by atoms with E-state index in [-0.39, 0.29) is 5.91 Å². The summed E-state index contributed by atoms with van der Waals surface area (Å²) in [4.78, 5) is 26.4. The third-order valence-corrected chi connectivity index (χ3v) is 5.00. The van der Waals surface area contributed by atoms with E-state index in [0.29, 0.717) is 5.69 Å². The average molecular weight is 394 g/mol. The molecule has 1 aromatic carbocycles. The second-order valence-corrected chi connectivity index (χ2v) is 7.50. The van der Waals surface area contributed by atoms with Gasteiger partial charge >= 0.3 is 0 Å². The van der Waals surface area contributed by atoms with E-state index < -0.39 is 5.41 Å². The zero-order valence-corrected chi connectivity index (χ0v) is 16.9. The highest BCUT2D eigenvalue weighted by Crippen LogP contribution is 2.30. The van der Waals surface area contributed by atoms with Gasteiger partial charge < -0.3 is 5.32 Å². The summed E-state index contributed by atoms with van der Waals surface area (Å²) in [6, 6.07) is 24.7. The Bertz CT molecular complexity index is 1160. The quantitative estimate of drug-likeness (QED) is 0.510. The Balaban J connectivity index is 1.63. The summed E-state index contributed by atoms with van der Waals surface area (Å²) < 4.78 is 0. The SMILES string of the molecule is CC(C)(c1cccc(C(=O)Nc2ccccc2)n1)c1cccc(-c2cccnc2)n1. The van der Waals surface area contributed by atoms with Gasteiger partial charge in [-0.1, -0.05) is 30.3 Å². The summed E-state index contributed by atoms with van der Waals surface area (Å²) in [5.74, 6) is -0.240. The number of amides is 1. The van der Waals surface area contributed by atoms with E-state index in [0.717, 1.165) is 28.3 Å². The minimum atomic E-state index is -0.485. The maximum Gasteiger partial charge on any atom is 0.274 e. The van der Waals surface area contributed by atoms with Crippen molar-refractivity contribution in [2.75, 3.05) is 5.32 Å². The average Bonchev–Trinajstić information content (AvgIpc) is 2.80. The molecule has 3 heterocycles. The van der Waals surface area contributed by atoms with Crippen LogP contribution in [0.2, 0.25) is 0 Å². The molecule has 0 bridgehead atoms. The normalized spacial score (nSPS) is 11.1. The van der Waals surface area contributed by atoms with Crippen molar-refractivity contribution in [2.45, 2.75) is 19.3 Å². The summed E-state index contributed by atoms with van der Waals surface area (Å²) in [6.45, 7) is 4.12. The van der Waals surface area contributed by atoms with E-state index in [1.165, 1.54) is 0 Å². The highest BCUT2D eigenvalue weighted by Gasteiger charge is 2.27. The Morgan fingerprint density at radius 2 is 1.53 bits per heavy atom. The van der Waals surface area contributed by atoms with Crippen LogP contribution in [0, 0.1) is 0 Å². The van der Waals surface area contributed by atoms with Gasteiger partial charge in [0.25, 0.3) is 5.91 Å². The Hall–Kier alpha value is -3.86. The number of nitrogens with one attached hydrogen (secondary N) is 1. The third-order valence-electron chi connectivity index (χ3n) is 5.00. The Kier molecular flexibility index (Phi) is 5.35. The summed E-state index contributed by atoms with van der Waals surface area (Å²) in [5, 5.41) is 2.88. The van der Waals surface area contributed by atoms with Crippen molar-refractivity contribution in [2.24, 2.45) is 0 Å². The van der Waals surface area contributed by atoms with Crippen molar-refractivity contribution in [1.82, 2.24) is 15.0 Å². The van der Waals surface area contributed by atoms with Gasteiger partial charge in [0.1, 0.15) is 5.69 Å². The summed E-state index contributed by atoms with van der Waals surface area (Å²) in [6.07, 6.45) is 3.54. The predicted octanol–water partition coefficient (Wildman–Crippen LogP) is 5.12. The first-order valence-electron chi connectivity index (χ1n) is 9.76. The van der Waals surface area contributed by atoms with Gasteiger partial charge in [0, 0.05) is 29.1 Å². The molecule has 0 saturated carbocycles. The van der Waals surface area contributed by atoms with Crippen molar-refractivity contribution < 1.29 is 4.79 Å². The highest BCUT2D eigenvalue weighted by molar-refractivity contribution is 6.02. The number of hydrogen-bond donors (Lipinski definition) is 1. The van der Waals surface area contributed by atoms with Crippen LogP contribution in [0.5, 0.6) is 0 Å². The van der Waals surface area contributed by atoms with E-state index >= 15 is 0 Å². The van der Waals surface area contributed by atoms with Gasteiger partial charge in [-0.3, -0.25) is 14.8 Å². The minimum Gasteiger partial charge on any atom is -0.321 e. The number of hydrogen-bond acceptors (Lipinski definition) is 4. The number of aromatic nitrogens is 3. The van der Waals surface area contributed by atoms with Crippen molar-refractivity contribution in [3.63, 3.8) is 0 Å². The Morgan fingerprint density at radius 1 is 0.800 bits per heavy atom. The third kappa shape index (κ3) is 4.10. The van der Waals surface area contributed by atoms with Gasteiger partial charge in [0.05, 0.1) is 17.1 Å². The summed E-state index contributed by atoms with van der Waals surface area (Å²) >= 11 is 0. The van der Waals surface area contributed by atoms with Crippen LogP contribution >= 0.6 is 0 Å². The lowest BCUT2D eigenvalue weighted by atomic mass is 9.84. The molecular weight excluding hydrogens is 372 g/mol. The van der Waals surface area contributed by atoms with Crippen LogP contribution in [0.3, 0.4) is 0 Å². The zero-order chi connectivity index (χ0) is 21.0. The van der Waals surface area contributed by atoms with Crippen LogP contribution in [-0.2, 0) is 5.41 Å². The fourth-order valence-electron chi connectivity index (χ4n) is 3.21. The largest absolute Gasteiger partial charge is 0.321 e. The smallest absolute Gasteiger partial charge is 0.274 e. The molecule has 5 nitrogen and oxygen atoms in total. The summed E-state index contributed by atoms with van der Waals surface area (Å²) in [7, 11) is 0. The van der Waals surface area contributed by atoms with Gasteiger partial charge in [-0.25, -0.2) is 4.98 Å². The topological polar surface area (TPSA) is 67.8 Å². The molecule has 3 aromatic heterocycles. The summed E-state index contributed by atoms with van der Waals surface area (Å²) in [5.41, 5.74) is 4.08. The zero-order valence-electron chi connectivity index (χ0n) is 16.9. The van der Waals surface area contributed by atoms with Crippen molar-refractivity contribution >= 4 is 11.6 Å². The van der Waals surface area contributed by atoms with Crippen LogP contribution in [-0.4, -0.2) is 20.9 Å². The van der Waals surface area contributed by atoms with Gasteiger partial charge in [0.2, 0.25) is 0 Å². The fraction of sp³-hybridized carbons (Fsp3) is 0.120. The van der Waals surface area contributed by atoms with Gasteiger partial charge in [-0.05, 0) is 62.4 Å². The van der Waals surface area contributed by atoms with E-state index in [9.17, 15) is 4.79 Å². The molecule has 4 aromatic rings. The molecule has 0 aliphatic heterocycles. The minimum absolute atomic E-state index is 0.240. The van der Waals surface area contributed by atoms with Crippen molar-refractivity contribution in [3.8, 4) is 11.3 Å². The molecule has 0 atom stereocenters. The van der Waals surface area contributed by atoms with E-state index in [2.05, 4.69) is 29.1 Å². The van der Waals surface area contributed by atoms with E-state index in [1.54, 1.807) is 18.5 Å². The molecule has 148 valence electrons. The first kappa shape index (κ1) is 19.5. The second-order valence-electron chi connectivity index (χ2n) is 7.50. The number of carbonyl (C=O) groups excluding carboxylic acids is 1. The lowest BCUT2D eigenvalue weighted by molar-refractivity contribution is 0.102. The van der Waals surface area contributed by atoms with Crippen LogP contribution < -0.4 is 5.32 Å². The van der Waals surface area contributed by atoms with Gasteiger partial charge in [-0.15, -0.1) is 0 Å². The molecule has 0 aliphatic rings. The van der Waals surface area contributed by atoms with Crippen molar-refractivity contribution in [3.05, 3.63) is 108 Å². The van der Waals surface area contributed by atoms with E-state index in [1.807, 2.05) is 72.8 Å². The van der Waals surface area contributed by atoms with Gasteiger partial charge in [0.15, 0.2) is 0 Å². The molecular formula is C25H22N4O. The van der Waals surface area contributed by atoms with Crippen LogP contribution in [0.1, 0.15) is 35.7 Å². The number of rotatable bonds is 5. The molecule has 5 heteroatoms. The molecule has 0 unspecified atom stereocenters. The predicted molar refractivity (Wildman–Crippen MR) is 118 cm³/mol. The molecule has 0 aliphatic carbocycles. The molecule has 30 heavy (non-hydrogen) atoms. The number of carbonyl (C=O) groups is 1.